The molecule has 7 nitrogen and oxygen atoms in total. The molecule has 1 aliphatic heterocycles. The van der Waals surface area contributed by atoms with Gasteiger partial charge in [0.25, 0.3) is 11.6 Å². The van der Waals surface area contributed by atoms with Crippen molar-refractivity contribution in [1.29, 1.82) is 0 Å². The Kier molecular flexibility index (Phi) is 3.38. The number of fused-ring (bicyclic) bond motifs is 1. The Bertz CT molecular complexity index is 773. The first-order chi connectivity index (χ1) is 10.7. The van der Waals surface area contributed by atoms with Crippen molar-refractivity contribution in [3.8, 4) is 0 Å². The number of hydrogen-bond acceptors (Lipinski definition) is 5. The molecule has 11 heteroatoms. The van der Waals surface area contributed by atoms with Crippen molar-refractivity contribution in [1.82, 2.24) is 19.6 Å². The van der Waals surface area contributed by atoms with Crippen molar-refractivity contribution in [2.45, 2.75) is 31.7 Å². The normalized spacial score (nSPS) is 22.0. The van der Waals surface area contributed by atoms with E-state index in [2.05, 4.69) is 15.1 Å². The summed E-state index contributed by atoms with van der Waals surface area (Å²) in [4.78, 5) is 20.0. The lowest BCUT2D eigenvalue weighted by Crippen LogP contribution is -2.41. The summed E-state index contributed by atoms with van der Waals surface area (Å²) in [6.45, 7) is 1.38. The number of aryl methyl sites for hydroxylation is 1. The third kappa shape index (κ3) is 2.66. The van der Waals surface area contributed by atoms with E-state index in [1.165, 1.54) is 11.0 Å². The highest BCUT2D eigenvalue weighted by Gasteiger charge is 2.40. The molecule has 0 unspecified atom stereocenters. The summed E-state index contributed by atoms with van der Waals surface area (Å²) in [7, 11) is 0. The molecule has 124 valence electrons. The van der Waals surface area contributed by atoms with Gasteiger partial charge in [-0.25, -0.2) is 9.37 Å². The molecule has 0 aromatic carbocycles. The number of nitrogens with two attached hydrogens (primary N) is 1. The molecule has 1 saturated heterocycles. The van der Waals surface area contributed by atoms with Crippen LogP contribution in [0.1, 0.15) is 17.9 Å². The van der Waals surface area contributed by atoms with Crippen molar-refractivity contribution in [2.75, 3.05) is 11.4 Å². The van der Waals surface area contributed by atoms with E-state index < -0.39 is 30.1 Å². The van der Waals surface area contributed by atoms with Crippen LogP contribution in [0.5, 0.6) is 0 Å². The SMILES string of the molecule is Cc1cc(N2C[C@H](F)C[C@H]2C(N)=O)n2nc(C(F)(F)F)nc2n1. The average Bonchev–Trinajstić information content (AvgIpc) is 3.00. The highest BCUT2D eigenvalue weighted by molar-refractivity contribution is 5.84. The van der Waals surface area contributed by atoms with E-state index in [1.54, 1.807) is 6.92 Å². The van der Waals surface area contributed by atoms with Gasteiger partial charge in [0, 0.05) is 18.2 Å². The number of carbonyl (C=O) groups excluding carboxylic acids is 1. The van der Waals surface area contributed by atoms with Gasteiger partial charge in [-0.1, -0.05) is 0 Å². The summed E-state index contributed by atoms with van der Waals surface area (Å²) in [5.41, 5.74) is 5.62. The molecule has 23 heavy (non-hydrogen) atoms. The van der Waals surface area contributed by atoms with Crippen LogP contribution in [0.3, 0.4) is 0 Å². The second kappa shape index (κ2) is 5.03. The maximum atomic E-state index is 13.7. The predicted octanol–water partition coefficient (Wildman–Crippen LogP) is 0.854. The van der Waals surface area contributed by atoms with E-state index >= 15 is 0 Å². The lowest BCUT2D eigenvalue weighted by atomic mass is 10.2. The smallest absolute Gasteiger partial charge is 0.368 e. The van der Waals surface area contributed by atoms with Crippen molar-refractivity contribution in [3.63, 3.8) is 0 Å². The molecule has 0 radical (unpaired) electrons. The van der Waals surface area contributed by atoms with Crippen LogP contribution in [0.25, 0.3) is 5.78 Å². The second-order valence-corrected chi connectivity index (χ2v) is 5.30. The number of nitrogens with zero attached hydrogens (tertiary/aromatic N) is 5. The molecule has 0 spiro atoms. The van der Waals surface area contributed by atoms with Gasteiger partial charge >= 0.3 is 6.18 Å². The van der Waals surface area contributed by atoms with Crippen LogP contribution in [-0.4, -0.2) is 44.2 Å². The van der Waals surface area contributed by atoms with Crippen molar-refractivity contribution in [3.05, 3.63) is 17.6 Å². The van der Waals surface area contributed by atoms with Gasteiger partial charge in [0.05, 0.1) is 6.54 Å². The number of carbonyl (C=O) groups is 1. The summed E-state index contributed by atoms with van der Waals surface area (Å²) in [6, 6.07) is 0.448. The molecule has 3 heterocycles. The Hall–Kier alpha value is -2.46. The molecule has 2 aromatic rings. The summed E-state index contributed by atoms with van der Waals surface area (Å²) in [5, 5.41) is 3.39. The van der Waals surface area contributed by atoms with E-state index in [1.807, 2.05) is 0 Å². The van der Waals surface area contributed by atoms with Gasteiger partial charge in [0.1, 0.15) is 18.0 Å². The van der Waals surface area contributed by atoms with Crippen LogP contribution >= 0.6 is 0 Å². The zero-order chi connectivity index (χ0) is 16.9. The number of amides is 1. The van der Waals surface area contributed by atoms with E-state index in [0.717, 1.165) is 4.52 Å². The third-order valence-electron chi connectivity index (χ3n) is 3.55. The minimum atomic E-state index is -4.74. The van der Waals surface area contributed by atoms with Crippen LogP contribution in [0.15, 0.2) is 6.07 Å². The summed E-state index contributed by atoms with van der Waals surface area (Å²) in [6.07, 6.45) is -6.18. The molecule has 2 N–H and O–H groups in total. The molecule has 2 aromatic heterocycles. The standard InChI is InChI=1S/C12H12F4N6O/c1-5-2-8(21-4-6(13)3-7(21)9(17)23)22-11(18-5)19-10(20-22)12(14,15)16/h2,6-7H,3-4H2,1H3,(H2,17,23)/t6-,7+/m1/s1. The van der Waals surface area contributed by atoms with Gasteiger partial charge < -0.3 is 10.6 Å². The van der Waals surface area contributed by atoms with Crippen molar-refractivity contribution < 1.29 is 22.4 Å². The first-order valence-electron chi connectivity index (χ1n) is 6.68. The maximum absolute atomic E-state index is 13.7. The predicted molar refractivity (Wildman–Crippen MR) is 70.4 cm³/mol. The van der Waals surface area contributed by atoms with Crippen LogP contribution < -0.4 is 10.6 Å². The number of halogens is 4. The number of rotatable bonds is 2. The maximum Gasteiger partial charge on any atom is 0.453 e. The molecular weight excluding hydrogens is 320 g/mol. The first-order valence-corrected chi connectivity index (χ1v) is 6.68. The second-order valence-electron chi connectivity index (χ2n) is 5.30. The molecule has 1 amide bonds. The Balaban J connectivity index is 2.16. The molecule has 0 aliphatic carbocycles. The van der Waals surface area contributed by atoms with Gasteiger partial charge in [-0.2, -0.15) is 22.7 Å². The molecular formula is C12H12F4N6O. The minimum Gasteiger partial charge on any atom is -0.368 e. The van der Waals surface area contributed by atoms with E-state index in [0.29, 0.717) is 5.69 Å². The highest BCUT2D eigenvalue weighted by Crippen LogP contribution is 2.30. The zero-order valence-corrected chi connectivity index (χ0v) is 11.9. The molecule has 2 atom stereocenters. The van der Waals surface area contributed by atoms with Crippen LogP contribution in [0.2, 0.25) is 0 Å². The molecule has 3 rings (SSSR count). The Labute approximate surface area is 127 Å². The lowest BCUT2D eigenvalue weighted by Gasteiger charge is -2.24. The Morgan fingerprint density at radius 2 is 2.09 bits per heavy atom. The fraction of sp³-hybridized carbons (Fsp3) is 0.500. The average molecular weight is 332 g/mol. The topological polar surface area (TPSA) is 89.4 Å². The fourth-order valence-corrected chi connectivity index (χ4v) is 2.60. The molecule has 0 bridgehead atoms. The molecule has 1 aliphatic rings. The number of aromatic nitrogens is 4. The monoisotopic (exact) mass is 332 g/mol. The lowest BCUT2D eigenvalue weighted by molar-refractivity contribution is -0.144. The Morgan fingerprint density at radius 3 is 2.70 bits per heavy atom. The van der Waals surface area contributed by atoms with Gasteiger partial charge in [-0.15, -0.1) is 5.10 Å². The van der Waals surface area contributed by atoms with Gasteiger partial charge in [-0.05, 0) is 6.92 Å². The van der Waals surface area contributed by atoms with Crippen LogP contribution in [0.4, 0.5) is 23.4 Å². The Morgan fingerprint density at radius 1 is 1.39 bits per heavy atom. The zero-order valence-electron chi connectivity index (χ0n) is 11.9. The van der Waals surface area contributed by atoms with Gasteiger partial charge in [0.2, 0.25) is 5.91 Å². The number of anilines is 1. The van der Waals surface area contributed by atoms with Crippen molar-refractivity contribution in [2.24, 2.45) is 5.73 Å². The van der Waals surface area contributed by atoms with E-state index in [4.69, 9.17) is 5.73 Å². The van der Waals surface area contributed by atoms with E-state index in [9.17, 15) is 22.4 Å². The summed E-state index contributed by atoms with van der Waals surface area (Å²) in [5.74, 6) is -2.30. The van der Waals surface area contributed by atoms with Crippen LogP contribution in [0, 0.1) is 6.92 Å². The first kappa shape index (κ1) is 15.4. The fourth-order valence-electron chi connectivity index (χ4n) is 2.60. The molecule has 0 saturated carbocycles. The summed E-state index contributed by atoms with van der Waals surface area (Å²) >= 11 is 0. The minimum absolute atomic E-state index is 0.0967. The van der Waals surface area contributed by atoms with Gasteiger partial charge in [-0.3, -0.25) is 4.79 Å². The van der Waals surface area contributed by atoms with E-state index in [-0.39, 0.29) is 24.6 Å². The quantitative estimate of drug-likeness (QED) is 0.824. The third-order valence-corrected chi connectivity index (χ3v) is 3.55. The molecule has 1 fully saturated rings. The number of primary amides is 1. The number of hydrogen-bond donors (Lipinski definition) is 1. The summed E-state index contributed by atoms with van der Waals surface area (Å²) < 4.78 is 52.9. The largest absolute Gasteiger partial charge is 0.453 e. The highest BCUT2D eigenvalue weighted by atomic mass is 19.4. The van der Waals surface area contributed by atoms with Crippen molar-refractivity contribution >= 4 is 17.5 Å². The van der Waals surface area contributed by atoms with Crippen LogP contribution in [-0.2, 0) is 11.0 Å². The number of alkyl halides is 4. The van der Waals surface area contributed by atoms with Gasteiger partial charge in [0.15, 0.2) is 0 Å².